The van der Waals surface area contributed by atoms with Crippen molar-refractivity contribution in [2.75, 3.05) is 18.9 Å². The number of likely N-dealkylation sites (N-methyl/N-ethyl adjacent to an activating group) is 1. The van der Waals surface area contributed by atoms with Gasteiger partial charge in [0, 0.05) is 12.2 Å². The molecule has 0 bridgehead atoms. The zero-order valence-electron chi connectivity index (χ0n) is 12.6. The molecule has 1 aromatic carbocycles. The van der Waals surface area contributed by atoms with Gasteiger partial charge >= 0.3 is 5.97 Å². The summed E-state index contributed by atoms with van der Waals surface area (Å²) in [6, 6.07) is 7.34. The number of carbonyl (C=O) groups excluding carboxylic acids is 1. The van der Waals surface area contributed by atoms with Crippen LogP contribution in [0.3, 0.4) is 0 Å². The highest BCUT2D eigenvalue weighted by molar-refractivity contribution is 5.94. The number of aliphatic carboxylic acids is 1. The van der Waals surface area contributed by atoms with Gasteiger partial charge in [-0.1, -0.05) is 19.1 Å². The second-order valence-electron chi connectivity index (χ2n) is 4.84. The van der Waals surface area contributed by atoms with Crippen LogP contribution in [0.2, 0.25) is 0 Å². The number of carboxylic acid groups (broad SMARTS) is 1. The number of nitrogens with zero attached hydrogens (tertiary/aromatic N) is 1. The van der Waals surface area contributed by atoms with Crippen LogP contribution < -0.4 is 5.32 Å². The van der Waals surface area contributed by atoms with E-state index in [0.717, 1.165) is 12.1 Å². The van der Waals surface area contributed by atoms with Gasteiger partial charge in [-0.15, -0.1) is 12.4 Å². The van der Waals surface area contributed by atoms with E-state index in [1.807, 2.05) is 24.3 Å². The molecule has 1 unspecified atom stereocenters. The van der Waals surface area contributed by atoms with E-state index in [9.17, 15) is 9.59 Å². The first-order valence-corrected chi connectivity index (χ1v) is 6.76. The normalized spacial score (nSPS) is 11.6. The molecule has 0 radical (unpaired) electrons. The topological polar surface area (TPSA) is 69.6 Å². The molecule has 0 saturated carbocycles. The maximum Gasteiger partial charge on any atom is 0.304 e. The van der Waals surface area contributed by atoms with Gasteiger partial charge in [-0.25, -0.2) is 0 Å². The zero-order valence-corrected chi connectivity index (χ0v) is 13.4. The highest BCUT2D eigenvalue weighted by Gasteiger charge is 2.18. The number of carbonyl (C=O) groups is 2. The molecule has 2 N–H and O–H groups in total. The minimum atomic E-state index is -0.861. The Morgan fingerprint density at radius 2 is 1.86 bits per heavy atom. The first-order valence-electron chi connectivity index (χ1n) is 6.76. The predicted molar refractivity (Wildman–Crippen MR) is 86.0 cm³/mol. The van der Waals surface area contributed by atoms with E-state index in [-0.39, 0.29) is 30.8 Å². The van der Waals surface area contributed by atoms with E-state index in [1.165, 1.54) is 5.56 Å². The van der Waals surface area contributed by atoms with Crippen LogP contribution in [0, 0.1) is 0 Å². The van der Waals surface area contributed by atoms with Gasteiger partial charge in [-0.2, -0.15) is 0 Å². The maximum atomic E-state index is 12.1. The molecular formula is C15H23ClN2O3. The number of amides is 1. The Bertz CT molecular complexity index is 462. The number of anilines is 1. The molecule has 0 spiro atoms. The van der Waals surface area contributed by atoms with Gasteiger partial charge in [0.25, 0.3) is 0 Å². The van der Waals surface area contributed by atoms with E-state index in [2.05, 4.69) is 12.2 Å². The predicted octanol–water partition coefficient (Wildman–Crippen LogP) is 2.40. The first-order chi connectivity index (χ1) is 9.43. The molecule has 21 heavy (non-hydrogen) atoms. The van der Waals surface area contributed by atoms with Crippen LogP contribution >= 0.6 is 12.4 Å². The number of nitrogens with one attached hydrogen (secondary N) is 1. The molecular weight excluding hydrogens is 292 g/mol. The number of aryl methyl sites for hydroxylation is 1. The summed E-state index contributed by atoms with van der Waals surface area (Å²) in [7, 11) is 1.74. The van der Waals surface area contributed by atoms with Crippen molar-refractivity contribution in [2.24, 2.45) is 0 Å². The molecule has 0 saturated heterocycles. The molecule has 0 aliphatic carbocycles. The van der Waals surface area contributed by atoms with Crippen molar-refractivity contribution in [1.29, 1.82) is 0 Å². The van der Waals surface area contributed by atoms with Gasteiger partial charge in [0.2, 0.25) is 5.91 Å². The van der Waals surface area contributed by atoms with Crippen molar-refractivity contribution >= 4 is 30.0 Å². The first kappa shape index (κ1) is 19.4. The maximum absolute atomic E-state index is 12.1. The summed E-state index contributed by atoms with van der Waals surface area (Å²) in [4.78, 5) is 24.3. The van der Waals surface area contributed by atoms with Crippen molar-refractivity contribution in [3.8, 4) is 0 Å². The Balaban J connectivity index is 0.00000400. The summed E-state index contributed by atoms with van der Waals surface area (Å²) in [5, 5.41) is 11.5. The van der Waals surface area contributed by atoms with Crippen LogP contribution in [0.15, 0.2) is 24.3 Å². The van der Waals surface area contributed by atoms with Crippen LogP contribution in [0.1, 0.15) is 25.8 Å². The number of rotatable bonds is 7. The van der Waals surface area contributed by atoms with Gasteiger partial charge in [0.1, 0.15) is 0 Å². The molecule has 0 aromatic heterocycles. The third-order valence-electron chi connectivity index (χ3n) is 3.35. The third kappa shape index (κ3) is 6.60. The number of halogens is 1. The molecule has 5 nitrogen and oxygen atoms in total. The average Bonchev–Trinajstić information content (AvgIpc) is 2.44. The minimum absolute atomic E-state index is 0. The van der Waals surface area contributed by atoms with Gasteiger partial charge in [-0.05, 0) is 38.1 Å². The zero-order chi connectivity index (χ0) is 15.1. The molecule has 1 amide bonds. The van der Waals surface area contributed by atoms with Crippen LogP contribution in [0.5, 0.6) is 0 Å². The summed E-state index contributed by atoms with van der Waals surface area (Å²) in [5.74, 6) is -0.998. The monoisotopic (exact) mass is 314 g/mol. The van der Waals surface area contributed by atoms with Crippen LogP contribution in [0.25, 0.3) is 0 Å². The fourth-order valence-electron chi connectivity index (χ4n) is 1.74. The number of hydrogen-bond donors (Lipinski definition) is 2. The molecule has 1 rings (SSSR count). The van der Waals surface area contributed by atoms with Gasteiger partial charge < -0.3 is 10.4 Å². The molecule has 118 valence electrons. The second kappa shape index (κ2) is 9.37. The van der Waals surface area contributed by atoms with Crippen LogP contribution in [0.4, 0.5) is 5.69 Å². The van der Waals surface area contributed by atoms with Crippen molar-refractivity contribution in [2.45, 2.75) is 32.7 Å². The average molecular weight is 315 g/mol. The summed E-state index contributed by atoms with van der Waals surface area (Å²) in [6.07, 6.45) is 0.988. The highest BCUT2D eigenvalue weighted by atomic mass is 35.5. The number of hydrogen-bond acceptors (Lipinski definition) is 3. The lowest BCUT2D eigenvalue weighted by atomic mass is 10.1. The fourth-order valence-corrected chi connectivity index (χ4v) is 1.74. The van der Waals surface area contributed by atoms with Crippen molar-refractivity contribution in [3.05, 3.63) is 29.8 Å². The van der Waals surface area contributed by atoms with Crippen molar-refractivity contribution in [3.63, 3.8) is 0 Å². The van der Waals surface area contributed by atoms with Gasteiger partial charge in [-0.3, -0.25) is 14.5 Å². The molecule has 1 aromatic rings. The second-order valence-corrected chi connectivity index (χ2v) is 4.84. The minimum Gasteiger partial charge on any atom is -0.481 e. The number of benzene rings is 1. The van der Waals surface area contributed by atoms with Gasteiger partial charge in [0.15, 0.2) is 0 Å². The van der Waals surface area contributed by atoms with Crippen LogP contribution in [-0.4, -0.2) is 41.5 Å². The van der Waals surface area contributed by atoms with E-state index in [1.54, 1.807) is 18.9 Å². The largest absolute Gasteiger partial charge is 0.481 e. The van der Waals surface area contributed by atoms with E-state index < -0.39 is 5.97 Å². The molecule has 1 atom stereocenters. The highest BCUT2D eigenvalue weighted by Crippen LogP contribution is 2.11. The Morgan fingerprint density at radius 3 is 2.33 bits per heavy atom. The van der Waals surface area contributed by atoms with E-state index in [0.29, 0.717) is 6.54 Å². The van der Waals surface area contributed by atoms with Crippen LogP contribution in [-0.2, 0) is 16.0 Å². The Labute approximate surface area is 131 Å². The Kier molecular flexibility index (Phi) is 8.66. The Morgan fingerprint density at radius 1 is 1.29 bits per heavy atom. The molecule has 0 heterocycles. The van der Waals surface area contributed by atoms with E-state index in [4.69, 9.17) is 5.11 Å². The fraction of sp³-hybridized carbons (Fsp3) is 0.467. The summed E-state index contributed by atoms with van der Waals surface area (Å²) < 4.78 is 0. The molecule has 6 heteroatoms. The quantitative estimate of drug-likeness (QED) is 0.811. The third-order valence-corrected chi connectivity index (χ3v) is 3.35. The lowest BCUT2D eigenvalue weighted by Crippen LogP contribution is -2.40. The van der Waals surface area contributed by atoms with Crippen molar-refractivity contribution < 1.29 is 14.7 Å². The molecule has 0 aliphatic rings. The molecule has 0 aliphatic heterocycles. The van der Waals surface area contributed by atoms with Crippen molar-refractivity contribution in [1.82, 2.24) is 4.90 Å². The smallest absolute Gasteiger partial charge is 0.304 e. The lowest BCUT2D eigenvalue weighted by Gasteiger charge is -2.23. The van der Waals surface area contributed by atoms with Gasteiger partial charge in [0.05, 0.1) is 12.5 Å². The summed E-state index contributed by atoms with van der Waals surface area (Å²) in [6.45, 7) is 4.18. The standard InChI is InChI=1S/C15H22N2O3.ClH/c1-4-12-5-7-13(8-6-12)16-15(20)11(2)17(3)10-9-14(18)19;/h5-8,11H,4,9-10H2,1-3H3,(H,16,20)(H,18,19);1H. The number of carboxylic acids is 1. The SMILES string of the molecule is CCc1ccc(NC(=O)C(C)N(C)CCC(=O)O)cc1.Cl. The summed E-state index contributed by atoms with van der Waals surface area (Å²) >= 11 is 0. The lowest BCUT2D eigenvalue weighted by molar-refractivity contribution is -0.137. The Hall–Kier alpha value is -1.59. The summed E-state index contributed by atoms with van der Waals surface area (Å²) in [5.41, 5.74) is 1.97. The molecule has 0 fully saturated rings. The van der Waals surface area contributed by atoms with E-state index >= 15 is 0 Å².